The van der Waals surface area contributed by atoms with Gasteiger partial charge in [-0.1, -0.05) is 12.1 Å². The first-order valence-corrected chi connectivity index (χ1v) is 9.68. The molecule has 2 aromatic heterocycles. The van der Waals surface area contributed by atoms with Crippen LogP contribution in [0.3, 0.4) is 0 Å². The molecule has 0 saturated carbocycles. The highest BCUT2D eigenvalue weighted by Crippen LogP contribution is 2.28. The lowest BCUT2D eigenvalue weighted by Gasteiger charge is -2.35. The predicted octanol–water partition coefficient (Wildman–Crippen LogP) is 1.30. The lowest BCUT2D eigenvalue weighted by Crippen LogP contribution is -2.43. The Bertz CT molecular complexity index is 981. The molecule has 4 heterocycles. The molecule has 2 aliphatic heterocycles. The van der Waals surface area contributed by atoms with Gasteiger partial charge in [-0.3, -0.25) is 5.43 Å². The summed E-state index contributed by atoms with van der Waals surface area (Å²) in [6.07, 6.45) is 3.15. The van der Waals surface area contributed by atoms with Crippen molar-refractivity contribution in [3.63, 3.8) is 0 Å². The van der Waals surface area contributed by atoms with Gasteiger partial charge in [0, 0.05) is 19.1 Å². The highest BCUT2D eigenvalue weighted by molar-refractivity contribution is 5.60. The fourth-order valence-electron chi connectivity index (χ4n) is 4.21. The van der Waals surface area contributed by atoms with E-state index in [0.29, 0.717) is 29.0 Å². The molecule has 28 heavy (non-hydrogen) atoms. The Kier molecular flexibility index (Phi) is 4.42. The first-order valence-electron chi connectivity index (χ1n) is 9.68. The van der Waals surface area contributed by atoms with Crippen LogP contribution in [0.15, 0.2) is 36.4 Å². The molecule has 0 aliphatic carbocycles. The first-order chi connectivity index (χ1) is 13.7. The van der Waals surface area contributed by atoms with Crippen LogP contribution in [0.2, 0.25) is 0 Å². The zero-order valence-electron chi connectivity index (χ0n) is 15.4. The molecule has 2 unspecified atom stereocenters. The van der Waals surface area contributed by atoms with E-state index in [1.54, 1.807) is 22.7 Å². The minimum Gasteiger partial charge on any atom is -0.355 e. The van der Waals surface area contributed by atoms with E-state index in [9.17, 15) is 4.39 Å². The van der Waals surface area contributed by atoms with E-state index >= 15 is 0 Å². The number of aromatic nitrogens is 4. The summed E-state index contributed by atoms with van der Waals surface area (Å²) in [6.45, 7) is 1.85. The molecule has 9 heteroatoms. The largest absolute Gasteiger partial charge is 0.355 e. The second kappa shape index (κ2) is 7.08. The summed E-state index contributed by atoms with van der Waals surface area (Å²) in [4.78, 5) is 2.27. The van der Waals surface area contributed by atoms with Crippen molar-refractivity contribution in [2.75, 3.05) is 18.0 Å². The van der Waals surface area contributed by atoms with E-state index in [4.69, 9.17) is 10.8 Å². The van der Waals surface area contributed by atoms with Crippen molar-refractivity contribution in [2.24, 2.45) is 11.7 Å². The Balaban J connectivity index is 1.37. The lowest BCUT2D eigenvalue weighted by molar-refractivity contribution is 0.310. The standard InChI is InChI=1S/C19H23FN8/c20-14-4-2-1-3-13(14)19-25-24-17-5-6-18(26-28(17)19)27-9-7-12(8-10-27)15-11-16(21)23-22-15/h1-6,12,15-16,22-23H,7-11,21H2. The molecule has 146 valence electrons. The van der Waals surface area contributed by atoms with Crippen molar-refractivity contribution in [2.45, 2.75) is 31.5 Å². The maximum atomic E-state index is 14.2. The van der Waals surface area contributed by atoms with Crippen molar-refractivity contribution in [3.05, 3.63) is 42.2 Å². The highest BCUT2D eigenvalue weighted by Gasteiger charge is 2.31. The average Bonchev–Trinajstić information content (AvgIpc) is 3.34. The molecule has 5 rings (SSSR count). The van der Waals surface area contributed by atoms with Crippen molar-refractivity contribution in [1.29, 1.82) is 0 Å². The average molecular weight is 382 g/mol. The summed E-state index contributed by atoms with van der Waals surface area (Å²) in [5.41, 5.74) is 13.4. The van der Waals surface area contributed by atoms with Gasteiger partial charge in [0.15, 0.2) is 11.5 Å². The number of fused-ring (bicyclic) bond motifs is 1. The number of anilines is 1. The van der Waals surface area contributed by atoms with Crippen LogP contribution >= 0.6 is 0 Å². The quantitative estimate of drug-likeness (QED) is 0.628. The van der Waals surface area contributed by atoms with Gasteiger partial charge in [-0.05, 0) is 49.4 Å². The molecule has 0 bridgehead atoms. The number of benzene rings is 1. The first kappa shape index (κ1) is 17.5. The van der Waals surface area contributed by atoms with E-state index in [-0.39, 0.29) is 12.0 Å². The molecule has 2 fully saturated rings. The van der Waals surface area contributed by atoms with Crippen LogP contribution in [-0.4, -0.2) is 45.1 Å². The Morgan fingerprint density at radius 2 is 1.86 bits per heavy atom. The molecule has 8 nitrogen and oxygen atoms in total. The molecule has 0 radical (unpaired) electrons. The SMILES string of the molecule is NC1CC(C2CCN(c3ccc4nnc(-c5ccccc5F)n4n3)CC2)NN1. The smallest absolute Gasteiger partial charge is 0.188 e. The molecule has 0 spiro atoms. The molecule has 3 aromatic rings. The van der Waals surface area contributed by atoms with Gasteiger partial charge < -0.3 is 10.6 Å². The second-order valence-electron chi connectivity index (χ2n) is 7.53. The fraction of sp³-hybridized carbons (Fsp3) is 0.421. The van der Waals surface area contributed by atoms with Crippen molar-refractivity contribution < 1.29 is 4.39 Å². The number of halogens is 1. The lowest BCUT2D eigenvalue weighted by atomic mass is 9.88. The topological polar surface area (TPSA) is 96.4 Å². The van der Waals surface area contributed by atoms with Gasteiger partial charge in [-0.25, -0.2) is 9.82 Å². The van der Waals surface area contributed by atoms with E-state index in [1.807, 2.05) is 12.1 Å². The third-order valence-electron chi connectivity index (χ3n) is 5.76. The summed E-state index contributed by atoms with van der Waals surface area (Å²) >= 11 is 0. The molecule has 4 N–H and O–H groups in total. The zero-order valence-corrected chi connectivity index (χ0v) is 15.4. The van der Waals surface area contributed by atoms with E-state index in [1.165, 1.54) is 6.07 Å². The molecule has 2 atom stereocenters. The maximum Gasteiger partial charge on any atom is 0.188 e. The Hall–Kier alpha value is -2.62. The van der Waals surface area contributed by atoms with Crippen LogP contribution in [-0.2, 0) is 0 Å². The number of rotatable bonds is 3. The molecular weight excluding hydrogens is 359 g/mol. The number of hydrazine groups is 1. The summed E-state index contributed by atoms with van der Waals surface area (Å²) in [6, 6.07) is 10.8. The van der Waals surface area contributed by atoms with Gasteiger partial charge in [0.2, 0.25) is 0 Å². The van der Waals surface area contributed by atoms with Crippen LogP contribution in [0.5, 0.6) is 0 Å². The predicted molar refractivity (Wildman–Crippen MR) is 104 cm³/mol. The van der Waals surface area contributed by atoms with Crippen molar-refractivity contribution in [3.8, 4) is 11.4 Å². The van der Waals surface area contributed by atoms with Crippen LogP contribution in [0.25, 0.3) is 17.0 Å². The highest BCUT2D eigenvalue weighted by atomic mass is 19.1. The number of piperidine rings is 1. The third-order valence-corrected chi connectivity index (χ3v) is 5.76. The number of hydrogen-bond donors (Lipinski definition) is 3. The molecule has 2 saturated heterocycles. The third kappa shape index (κ3) is 3.11. The Morgan fingerprint density at radius 1 is 1.04 bits per heavy atom. The van der Waals surface area contributed by atoms with Gasteiger partial charge in [0.05, 0.1) is 11.7 Å². The van der Waals surface area contributed by atoms with Crippen LogP contribution in [0, 0.1) is 11.7 Å². The zero-order chi connectivity index (χ0) is 19.1. The summed E-state index contributed by atoms with van der Waals surface area (Å²) < 4.78 is 15.8. The van der Waals surface area contributed by atoms with Crippen molar-refractivity contribution >= 4 is 11.5 Å². The van der Waals surface area contributed by atoms with Gasteiger partial charge in [0.1, 0.15) is 11.6 Å². The number of nitrogens with one attached hydrogen (secondary N) is 2. The Morgan fingerprint density at radius 3 is 2.61 bits per heavy atom. The van der Waals surface area contributed by atoms with Crippen LogP contribution in [0.1, 0.15) is 19.3 Å². The normalized spacial score (nSPS) is 23.6. The Labute approximate surface area is 161 Å². The van der Waals surface area contributed by atoms with Gasteiger partial charge in [-0.2, -0.15) is 4.52 Å². The summed E-state index contributed by atoms with van der Waals surface area (Å²) in [7, 11) is 0. The number of hydrogen-bond acceptors (Lipinski definition) is 7. The van der Waals surface area contributed by atoms with Crippen LogP contribution < -0.4 is 21.5 Å². The van der Waals surface area contributed by atoms with Gasteiger partial charge in [-0.15, -0.1) is 15.3 Å². The number of nitrogens with two attached hydrogens (primary N) is 1. The second-order valence-corrected chi connectivity index (χ2v) is 7.53. The molecule has 1 aromatic carbocycles. The van der Waals surface area contributed by atoms with E-state index < -0.39 is 0 Å². The van der Waals surface area contributed by atoms with E-state index in [0.717, 1.165) is 38.2 Å². The molecule has 0 amide bonds. The fourth-order valence-corrected chi connectivity index (χ4v) is 4.21. The minimum absolute atomic E-state index is 0.0395. The van der Waals surface area contributed by atoms with Crippen molar-refractivity contribution in [1.82, 2.24) is 30.7 Å². The maximum absolute atomic E-state index is 14.2. The minimum atomic E-state index is -0.333. The summed E-state index contributed by atoms with van der Waals surface area (Å²) in [5.74, 6) is 1.54. The monoisotopic (exact) mass is 382 g/mol. The number of nitrogens with zero attached hydrogens (tertiary/aromatic N) is 5. The van der Waals surface area contributed by atoms with Gasteiger partial charge in [0.25, 0.3) is 0 Å². The van der Waals surface area contributed by atoms with E-state index in [2.05, 4.69) is 25.9 Å². The molecule has 2 aliphatic rings. The van der Waals surface area contributed by atoms with Crippen LogP contribution in [0.4, 0.5) is 10.2 Å². The van der Waals surface area contributed by atoms with Gasteiger partial charge >= 0.3 is 0 Å². The summed E-state index contributed by atoms with van der Waals surface area (Å²) in [5, 5.41) is 13.0. The molecular formula is C19H23FN8.